The van der Waals surface area contributed by atoms with Crippen molar-refractivity contribution in [2.45, 2.75) is 13.0 Å². The summed E-state index contributed by atoms with van der Waals surface area (Å²) in [6.07, 6.45) is 2.68. The van der Waals surface area contributed by atoms with Crippen molar-refractivity contribution in [2.75, 3.05) is 0 Å². The zero-order valence-corrected chi connectivity index (χ0v) is 15.1. The van der Waals surface area contributed by atoms with Crippen LogP contribution in [0.1, 0.15) is 15.9 Å². The van der Waals surface area contributed by atoms with Gasteiger partial charge in [0.05, 0.1) is 10.0 Å². The Kier molecular flexibility index (Phi) is 5.55. The summed E-state index contributed by atoms with van der Waals surface area (Å²) in [4.78, 5) is 20.6. The number of carbonyl (C=O) groups is 1. The number of aromatic nitrogens is 2. The van der Waals surface area contributed by atoms with Crippen LogP contribution in [0.15, 0.2) is 36.7 Å². The van der Waals surface area contributed by atoms with Crippen LogP contribution in [-0.2, 0) is 6.42 Å². The molecule has 2 heterocycles. The van der Waals surface area contributed by atoms with Gasteiger partial charge >= 0.3 is 6.61 Å². The van der Waals surface area contributed by atoms with Crippen molar-refractivity contribution in [1.82, 2.24) is 9.97 Å². The maximum atomic E-state index is 12.8. The van der Waals surface area contributed by atoms with Crippen LogP contribution in [0.25, 0.3) is 10.9 Å². The van der Waals surface area contributed by atoms with Gasteiger partial charge in [0.1, 0.15) is 10.7 Å². The molecule has 0 saturated carbocycles. The molecule has 0 fully saturated rings. The summed E-state index contributed by atoms with van der Waals surface area (Å²) in [7, 11) is 0. The Morgan fingerprint density at radius 1 is 1.08 bits per heavy atom. The lowest BCUT2D eigenvalue weighted by Crippen LogP contribution is -2.08. The van der Waals surface area contributed by atoms with E-state index in [1.165, 1.54) is 36.7 Å². The molecule has 0 aliphatic rings. The molecule has 0 bridgehead atoms. The van der Waals surface area contributed by atoms with Gasteiger partial charge in [0.15, 0.2) is 11.5 Å². The lowest BCUT2D eigenvalue weighted by atomic mass is 9.99. The van der Waals surface area contributed by atoms with Crippen LogP contribution in [0.2, 0.25) is 15.2 Å². The third kappa shape index (κ3) is 3.87. The Hall–Kier alpha value is -2.02. The van der Waals surface area contributed by atoms with Gasteiger partial charge in [-0.2, -0.15) is 8.78 Å². The summed E-state index contributed by atoms with van der Waals surface area (Å²) in [5, 5.41) is 0.934. The third-order valence-corrected chi connectivity index (χ3v) is 4.45. The predicted octanol–water partition coefficient (Wildman–Crippen LogP) is 5.62. The van der Waals surface area contributed by atoms with E-state index in [9.17, 15) is 13.6 Å². The minimum absolute atomic E-state index is 0.0653. The normalized spacial score (nSPS) is 11.2. The number of Topliss-reactive ketones (excluding diaryl/α,β-unsaturated/α-hetero) is 1. The molecule has 0 amide bonds. The van der Waals surface area contributed by atoms with Crippen molar-refractivity contribution in [3.05, 3.63) is 63.0 Å². The monoisotopic (exact) mass is 416 g/mol. The highest BCUT2D eigenvalue weighted by Gasteiger charge is 2.19. The van der Waals surface area contributed by atoms with E-state index in [2.05, 4.69) is 14.7 Å². The minimum Gasteiger partial charge on any atom is -0.432 e. The molecule has 26 heavy (non-hydrogen) atoms. The van der Waals surface area contributed by atoms with Gasteiger partial charge in [-0.05, 0) is 24.3 Å². The number of carbonyl (C=O) groups excluding carboxylic acids is 1. The Bertz CT molecular complexity index is 979. The highest BCUT2D eigenvalue weighted by molar-refractivity contribution is 6.36. The van der Waals surface area contributed by atoms with Gasteiger partial charge in [0.2, 0.25) is 0 Å². The molecule has 3 rings (SSSR count). The Morgan fingerprint density at radius 3 is 2.42 bits per heavy atom. The molecule has 0 unspecified atom stereocenters. The summed E-state index contributed by atoms with van der Waals surface area (Å²) in [6, 6.07) is 5.62. The van der Waals surface area contributed by atoms with Gasteiger partial charge < -0.3 is 4.74 Å². The molecule has 0 N–H and O–H groups in total. The van der Waals surface area contributed by atoms with Gasteiger partial charge in [-0.3, -0.25) is 9.78 Å². The summed E-state index contributed by atoms with van der Waals surface area (Å²) in [5.41, 5.74) is 0.751. The zero-order chi connectivity index (χ0) is 18.8. The molecular weight excluding hydrogens is 409 g/mol. The quantitative estimate of drug-likeness (QED) is 0.399. The number of pyridine rings is 2. The lowest BCUT2D eigenvalue weighted by molar-refractivity contribution is -0.0489. The molecule has 0 radical (unpaired) electrons. The standard InChI is InChI=1S/C17H9Cl3F2N2O2/c18-11-6-23-7-12(19)10(11)5-13(25)8-1-3-14(26-17(21)22)16-9(8)2-4-15(20)24-16/h1-4,6-7,17H,5H2. The number of halogens is 5. The van der Waals surface area contributed by atoms with Crippen molar-refractivity contribution in [2.24, 2.45) is 0 Å². The first kappa shape index (κ1) is 18.8. The number of ketones is 1. The van der Waals surface area contributed by atoms with Gasteiger partial charge in [0.25, 0.3) is 0 Å². The molecule has 9 heteroatoms. The Balaban J connectivity index is 2.06. The summed E-state index contributed by atoms with van der Waals surface area (Å²) < 4.78 is 29.7. The summed E-state index contributed by atoms with van der Waals surface area (Å²) in [5.74, 6) is -0.494. The molecule has 0 atom stereocenters. The molecule has 0 aliphatic carbocycles. The fourth-order valence-corrected chi connectivity index (χ4v) is 3.11. The largest absolute Gasteiger partial charge is 0.432 e. The average Bonchev–Trinajstić information content (AvgIpc) is 2.58. The first-order chi connectivity index (χ1) is 12.4. The van der Waals surface area contributed by atoms with Crippen LogP contribution in [0.3, 0.4) is 0 Å². The second kappa shape index (κ2) is 7.70. The van der Waals surface area contributed by atoms with Crippen molar-refractivity contribution < 1.29 is 18.3 Å². The van der Waals surface area contributed by atoms with Crippen LogP contribution >= 0.6 is 34.8 Å². The van der Waals surface area contributed by atoms with Crippen LogP contribution in [0, 0.1) is 0 Å². The maximum absolute atomic E-state index is 12.8. The molecule has 2 aromatic heterocycles. The number of hydrogen-bond acceptors (Lipinski definition) is 4. The molecule has 0 spiro atoms. The average molecular weight is 418 g/mol. The third-order valence-electron chi connectivity index (χ3n) is 3.59. The van der Waals surface area contributed by atoms with Gasteiger partial charge in [0, 0.05) is 35.3 Å². The maximum Gasteiger partial charge on any atom is 0.387 e. The van der Waals surface area contributed by atoms with Crippen molar-refractivity contribution in [3.8, 4) is 5.75 Å². The topological polar surface area (TPSA) is 52.1 Å². The first-order valence-corrected chi connectivity index (χ1v) is 8.35. The second-order valence-corrected chi connectivity index (χ2v) is 6.40. The number of alkyl halides is 2. The second-order valence-electron chi connectivity index (χ2n) is 5.20. The molecule has 1 aromatic carbocycles. The Labute approximate surface area is 161 Å². The van der Waals surface area contributed by atoms with Crippen molar-refractivity contribution in [3.63, 3.8) is 0 Å². The van der Waals surface area contributed by atoms with E-state index in [-0.39, 0.29) is 44.2 Å². The van der Waals surface area contributed by atoms with Gasteiger partial charge in [-0.1, -0.05) is 34.8 Å². The van der Waals surface area contributed by atoms with Crippen LogP contribution in [0.4, 0.5) is 8.78 Å². The fourth-order valence-electron chi connectivity index (χ4n) is 2.47. The van der Waals surface area contributed by atoms with E-state index < -0.39 is 6.61 Å². The number of ether oxygens (including phenoxy) is 1. The molecule has 0 aliphatic heterocycles. The van der Waals surface area contributed by atoms with Crippen LogP contribution < -0.4 is 4.74 Å². The molecule has 3 aromatic rings. The van der Waals surface area contributed by atoms with E-state index in [0.29, 0.717) is 10.9 Å². The van der Waals surface area contributed by atoms with Crippen LogP contribution in [0.5, 0.6) is 5.75 Å². The van der Waals surface area contributed by atoms with E-state index in [1.54, 1.807) is 0 Å². The number of benzene rings is 1. The van der Waals surface area contributed by atoms with Gasteiger partial charge in [-0.25, -0.2) is 4.98 Å². The number of nitrogens with zero attached hydrogens (tertiary/aromatic N) is 2. The molecule has 4 nitrogen and oxygen atoms in total. The molecular formula is C17H9Cl3F2N2O2. The zero-order valence-electron chi connectivity index (χ0n) is 12.8. The number of rotatable bonds is 5. The van der Waals surface area contributed by atoms with E-state index in [1.807, 2.05) is 0 Å². The number of hydrogen-bond donors (Lipinski definition) is 0. The highest BCUT2D eigenvalue weighted by atomic mass is 35.5. The van der Waals surface area contributed by atoms with Gasteiger partial charge in [-0.15, -0.1) is 0 Å². The van der Waals surface area contributed by atoms with E-state index >= 15 is 0 Å². The van der Waals surface area contributed by atoms with Crippen molar-refractivity contribution >= 4 is 51.5 Å². The molecule has 0 saturated heterocycles. The predicted molar refractivity (Wildman–Crippen MR) is 95.7 cm³/mol. The van der Waals surface area contributed by atoms with Crippen LogP contribution in [-0.4, -0.2) is 22.4 Å². The smallest absolute Gasteiger partial charge is 0.387 e. The fraction of sp³-hybridized carbons (Fsp3) is 0.118. The molecule has 134 valence electrons. The van der Waals surface area contributed by atoms with E-state index in [4.69, 9.17) is 34.8 Å². The number of fused-ring (bicyclic) bond motifs is 1. The van der Waals surface area contributed by atoms with E-state index in [0.717, 1.165) is 0 Å². The first-order valence-electron chi connectivity index (χ1n) is 7.22. The highest BCUT2D eigenvalue weighted by Crippen LogP contribution is 2.31. The van der Waals surface area contributed by atoms with Crippen molar-refractivity contribution in [1.29, 1.82) is 0 Å². The lowest BCUT2D eigenvalue weighted by Gasteiger charge is -2.12. The summed E-state index contributed by atoms with van der Waals surface area (Å²) >= 11 is 18.0. The summed E-state index contributed by atoms with van der Waals surface area (Å²) in [6.45, 7) is -3.03. The Morgan fingerprint density at radius 2 is 1.77 bits per heavy atom. The minimum atomic E-state index is -3.03. The SMILES string of the molecule is O=C(Cc1c(Cl)cncc1Cl)c1ccc(OC(F)F)c2nc(Cl)ccc12.